The van der Waals surface area contributed by atoms with Crippen molar-refractivity contribution in [3.05, 3.63) is 59.7 Å². The van der Waals surface area contributed by atoms with Gasteiger partial charge in [-0.1, -0.05) is 24.3 Å². The highest BCUT2D eigenvalue weighted by Gasteiger charge is 2.15. The van der Waals surface area contributed by atoms with Crippen LogP contribution < -0.4 is 10.1 Å². The Bertz CT molecular complexity index is 810. The molecular weight excluding hydrogens is 330 g/mol. The Hall–Kier alpha value is -3.33. The molecule has 6 heteroatoms. The summed E-state index contributed by atoms with van der Waals surface area (Å²) in [6.45, 7) is 1.80. The van der Waals surface area contributed by atoms with E-state index < -0.39 is 0 Å². The van der Waals surface area contributed by atoms with Gasteiger partial charge in [-0.05, 0) is 36.2 Å². The van der Waals surface area contributed by atoms with E-state index >= 15 is 0 Å². The highest BCUT2D eigenvalue weighted by atomic mass is 16.5. The van der Waals surface area contributed by atoms with Gasteiger partial charge in [-0.3, -0.25) is 9.59 Å². The molecule has 0 unspecified atom stereocenters. The van der Waals surface area contributed by atoms with Crippen molar-refractivity contribution in [3.63, 3.8) is 0 Å². The average molecular weight is 351 g/mol. The third-order valence-electron chi connectivity index (χ3n) is 3.93. The van der Waals surface area contributed by atoms with Crippen LogP contribution in [0.1, 0.15) is 18.1 Å². The van der Waals surface area contributed by atoms with E-state index in [-0.39, 0.29) is 18.4 Å². The molecule has 2 rings (SSSR count). The molecule has 6 nitrogen and oxygen atoms in total. The molecule has 0 saturated heterocycles. The van der Waals surface area contributed by atoms with Crippen LogP contribution in [0.3, 0.4) is 0 Å². The fraction of sp³-hybridized carbons (Fsp3) is 0.250. The van der Waals surface area contributed by atoms with Crippen LogP contribution in [0.15, 0.2) is 48.5 Å². The molecule has 1 N–H and O–H groups in total. The maximum Gasteiger partial charge on any atom is 0.244 e. The molecule has 0 aliphatic heterocycles. The van der Waals surface area contributed by atoms with Crippen molar-refractivity contribution in [1.29, 1.82) is 5.26 Å². The number of anilines is 1. The second-order valence-corrected chi connectivity index (χ2v) is 5.74. The molecule has 0 aliphatic carbocycles. The molecule has 0 bridgehead atoms. The molecule has 134 valence electrons. The topological polar surface area (TPSA) is 82.4 Å². The number of ether oxygens (including phenoxy) is 1. The fourth-order valence-electron chi connectivity index (χ4n) is 2.46. The number of amides is 2. The van der Waals surface area contributed by atoms with Gasteiger partial charge in [0.25, 0.3) is 0 Å². The number of hydrogen-bond donors (Lipinski definition) is 1. The molecule has 0 atom stereocenters. The SMILES string of the molecule is COc1ccc(CCN(CC(=O)Nc2ccccc2C#N)C(C)=O)cc1. The molecule has 0 saturated carbocycles. The van der Waals surface area contributed by atoms with Crippen molar-refractivity contribution in [3.8, 4) is 11.8 Å². The number of carbonyl (C=O) groups is 2. The van der Waals surface area contributed by atoms with Gasteiger partial charge in [0.1, 0.15) is 11.8 Å². The Labute approximate surface area is 153 Å². The second-order valence-electron chi connectivity index (χ2n) is 5.74. The highest BCUT2D eigenvalue weighted by molar-refractivity contribution is 5.95. The van der Waals surface area contributed by atoms with Crippen LogP contribution in [0, 0.1) is 11.3 Å². The lowest BCUT2D eigenvalue weighted by atomic mass is 10.1. The summed E-state index contributed by atoms with van der Waals surface area (Å²) in [6, 6.07) is 16.4. The molecule has 2 aromatic carbocycles. The highest BCUT2D eigenvalue weighted by Crippen LogP contribution is 2.14. The zero-order valence-corrected chi connectivity index (χ0v) is 14.9. The summed E-state index contributed by atoms with van der Waals surface area (Å²) >= 11 is 0. The third-order valence-corrected chi connectivity index (χ3v) is 3.93. The van der Waals surface area contributed by atoms with Gasteiger partial charge < -0.3 is 15.0 Å². The summed E-state index contributed by atoms with van der Waals surface area (Å²) in [6.07, 6.45) is 0.631. The van der Waals surface area contributed by atoms with E-state index in [9.17, 15) is 9.59 Å². The van der Waals surface area contributed by atoms with Gasteiger partial charge in [-0.2, -0.15) is 5.26 Å². The fourth-order valence-corrected chi connectivity index (χ4v) is 2.46. The summed E-state index contributed by atoms with van der Waals surface area (Å²) < 4.78 is 5.12. The molecule has 0 aromatic heterocycles. The van der Waals surface area contributed by atoms with Crippen molar-refractivity contribution < 1.29 is 14.3 Å². The number of carbonyl (C=O) groups excluding carboxylic acids is 2. The summed E-state index contributed by atoms with van der Waals surface area (Å²) in [4.78, 5) is 25.6. The Morgan fingerprint density at radius 1 is 1.15 bits per heavy atom. The second kappa shape index (κ2) is 9.23. The summed E-state index contributed by atoms with van der Waals surface area (Å²) in [5, 5.41) is 11.8. The monoisotopic (exact) mass is 351 g/mol. The van der Waals surface area contributed by atoms with Gasteiger partial charge >= 0.3 is 0 Å². The van der Waals surface area contributed by atoms with Crippen LogP contribution in [0.4, 0.5) is 5.69 Å². The first-order chi connectivity index (χ1) is 12.5. The third kappa shape index (κ3) is 5.35. The summed E-state index contributed by atoms with van der Waals surface area (Å²) in [5.41, 5.74) is 1.87. The zero-order valence-electron chi connectivity index (χ0n) is 14.9. The van der Waals surface area contributed by atoms with E-state index in [1.807, 2.05) is 30.3 Å². The molecule has 0 radical (unpaired) electrons. The predicted octanol–water partition coefficient (Wildman–Crippen LogP) is 2.60. The first kappa shape index (κ1) is 19.0. The zero-order chi connectivity index (χ0) is 18.9. The van der Waals surface area contributed by atoms with Crippen LogP contribution >= 0.6 is 0 Å². The molecule has 2 amide bonds. The van der Waals surface area contributed by atoms with Crippen molar-refractivity contribution >= 4 is 17.5 Å². The van der Waals surface area contributed by atoms with E-state index in [0.717, 1.165) is 11.3 Å². The van der Waals surface area contributed by atoms with E-state index in [4.69, 9.17) is 10.00 Å². The van der Waals surface area contributed by atoms with Crippen LogP contribution in [0.25, 0.3) is 0 Å². The normalized spacial score (nSPS) is 9.88. The minimum absolute atomic E-state index is 0.0642. The minimum atomic E-state index is -0.336. The molecule has 2 aromatic rings. The number of nitriles is 1. The lowest BCUT2D eigenvalue weighted by molar-refractivity contribution is -0.132. The van der Waals surface area contributed by atoms with Gasteiger partial charge in [0.05, 0.1) is 24.9 Å². The van der Waals surface area contributed by atoms with E-state index in [0.29, 0.717) is 24.2 Å². The Kier molecular flexibility index (Phi) is 6.75. The number of hydrogen-bond acceptors (Lipinski definition) is 4. The first-order valence-corrected chi connectivity index (χ1v) is 8.21. The number of nitrogens with zero attached hydrogens (tertiary/aromatic N) is 2. The molecule has 0 heterocycles. The predicted molar refractivity (Wildman–Crippen MR) is 98.7 cm³/mol. The van der Waals surface area contributed by atoms with Crippen molar-refractivity contribution in [2.24, 2.45) is 0 Å². The van der Waals surface area contributed by atoms with Crippen LogP contribution in [0.2, 0.25) is 0 Å². The molecule has 26 heavy (non-hydrogen) atoms. The Morgan fingerprint density at radius 2 is 1.85 bits per heavy atom. The number of benzene rings is 2. The molecule has 0 aliphatic rings. The molecule has 0 spiro atoms. The molecular formula is C20H21N3O3. The number of methoxy groups -OCH3 is 1. The van der Waals surface area contributed by atoms with Crippen LogP contribution in [-0.2, 0) is 16.0 Å². The van der Waals surface area contributed by atoms with Crippen molar-refractivity contribution in [2.45, 2.75) is 13.3 Å². The van der Waals surface area contributed by atoms with Crippen LogP contribution in [-0.4, -0.2) is 36.9 Å². The summed E-state index contributed by atoms with van der Waals surface area (Å²) in [5.74, 6) is 0.257. The maximum atomic E-state index is 12.3. The average Bonchev–Trinajstić information content (AvgIpc) is 2.65. The number of nitrogens with one attached hydrogen (secondary N) is 1. The smallest absolute Gasteiger partial charge is 0.244 e. The van der Waals surface area contributed by atoms with E-state index in [1.54, 1.807) is 31.4 Å². The first-order valence-electron chi connectivity index (χ1n) is 8.21. The molecule has 0 fully saturated rings. The largest absolute Gasteiger partial charge is 0.497 e. The van der Waals surface area contributed by atoms with Gasteiger partial charge in [0.2, 0.25) is 11.8 Å². The lowest BCUT2D eigenvalue weighted by Gasteiger charge is -2.20. The van der Waals surface area contributed by atoms with E-state index in [1.165, 1.54) is 11.8 Å². The maximum absolute atomic E-state index is 12.3. The van der Waals surface area contributed by atoms with Gasteiger partial charge in [-0.15, -0.1) is 0 Å². The Morgan fingerprint density at radius 3 is 2.46 bits per heavy atom. The van der Waals surface area contributed by atoms with Gasteiger partial charge in [-0.25, -0.2) is 0 Å². The lowest BCUT2D eigenvalue weighted by Crippen LogP contribution is -2.38. The standard InChI is InChI=1S/C20H21N3O3/c1-15(24)23(12-11-16-7-9-18(26-2)10-8-16)14-20(25)22-19-6-4-3-5-17(19)13-21/h3-10H,11-12,14H2,1-2H3,(H,22,25). The van der Waals surface area contributed by atoms with Crippen LogP contribution in [0.5, 0.6) is 5.75 Å². The quantitative estimate of drug-likeness (QED) is 0.831. The van der Waals surface area contributed by atoms with E-state index in [2.05, 4.69) is 5.32 Å². The summed E-state index contributed by atoms with van der Waals surface area (Å²) in [7, 11) is 1.61. The van der Waals surface area contributed by atoms with Gasteiger partial charge in [0.15, 0.2) is 0 Å². The van der Waals surface area contributed by atoms with Crippen molar-refractivity contribution in [2.75, 3.05) is 25.5 Å². The minimum Gasteiger partial charge on any atom is -0.497 e. The van der Waals surface area contributed by atoms with Crippen molar-refractivity contribution in [1.82, 2.24) is 4.90 Å². The Balaban J connectivity index is 1.95. The number of para-hydroxylation sites is 1. The number of rotatable bonds is 7. The van der Waals surface area contributed by atoms with Gasteiger partial charge in [0, 0.05) is 13.5 Å².